The van der Waals surface area contributed by atoms with Crippen molar-refractivity contribution in [1.82, 2.24) is 4.98 Å². The Morgan fingerprint density at radius 3 is 2.71 bits per heavy atom. The second kappa shape index (κ2) is 5.83. The number of aryl methyl sites for hydroxylation is 1. The third kappa shape index (κ3) is 3.53. The molecule has 0 aliphatic carbocycles. The number of hydrogen-bond donors (Lipinski definition) is 0. The van der Waals surface area contributed by atoms with Crippen LogP contribution in [0.2, 0.25) is 0 Å². The zero-order chi connectivity index (χ0) is 12.4. The van der Waals surface area contributed by atoms with Crippen molar-refractivity contribution in [2.24, 2.45) is 0 Å². The van der Waals surface area contributed by atoms with E-state index in [4.69, 9.17) is 11.6 Å². The molecule has 0 aliphatic rings. The molecule has 90 valence electrons. The second-order valence-corrected chi connectivity index (χ2v) is 7.55. The molecule has 1 unspecified atom stereocenters. The highest BCUT2D eigenvalue weighted by molar-refractivity contribution is 9.13. The van der Waals surface area contributed by atoms with Gasteiger partial charge >= 0.3 is 0 Å². The van der Waals surface area contributed by atoms with E-state index < -0.39 is 0 Å². The van der Waals surface area contributed by atoms with Crippen LogP contribution in [0.5, 0.6) is 0 Å². The molecule has 0 N–H and O–H groups in total. The zero-order valence-corrected chi connectivity index (χ0v) is 13.8. The maximum absolute atomic E-state index is 6.39. The molecule has 0 aliphatic heterocycles. The summed E-state index contributed by atoms with van der Waals surface area (Å²) in [6, 6.07) is 6.15. The molecule has 1 nitrogen and oxygen atoms in total. The van der Waals surface area contributed by atoms with Gasteiger partial charge in [-0.25, -0.2) is 0 Å². The van der Waals surface area contributed by atoms with Crippen LogP contribution >= 0.6 is 54.8 Å². The van der Waals surface area contributed by atoms with Crippen molar-refractivity contribution in [3.63, 3.8) is 0 Å². The predicted octanol–water partition coefficient (Wildman–Crippen LogP) is 5.50. The van der Waals surface area contributed by atoms with Gasteiger partial charge < -0.3 is 0 Å². The standard InChI is InChI=1S/C12H10Br2ClNS/c1-7-2-3-8(16-6-7)4-10(15)11-5-9(13)12(14)17-11/h2-3,5-6,10H,4H2,1H3. The van der Waals surface area contributed by atoms with E-state index in [-0.39, 0.29) is 5.38 Å². The Morgan fingerprint density at radius 1 is 1.41 bits per heavy atom. The summed E-state index contributed by atoms with van der Waals surface area (Å²) in [6.07, 6.45) is 2.63. The fraction of sp³-hybridized carbons (Fsp3) is 0.250. The van der Waals surface area contributed by atoms with Crippen LogP contribution < -0.4 is 0 Å². The number of nitrogens with zero attached hydrogens (tertiary/aromatic N) is 1. The largest absolute Gasteiger partial charge is 0.261 e. The van der Waals surface area contributed by atoms with Gasteiger partial charge in [-0.15, -0.1) is 22.9 Å². The molecule has 2 aromatic heterocycles. The molecule has 17 heavy (non-hydrogen) atoms. The first kappa shape index (κ1) is 13.5. The van der Waals surface area contributed by atoms with Gasteiger partial charge in [-0.1, -0.05) is 6.07 Å². The zero-order valence-electron chi connectivity index (χ0n) is 9.08. The van der Waals surface area contributed by atoms with Gasteiger partial charge in [0, 0.05) is 27.7 Å². The van der Waals surface area contributed by atoms with E-state index in [1.54, 1.807) is 11.3 Å². The lowest BCUT2D eigenvalue weighted by molar-refractivity contribution is 0.893. The molecule has 0 amide bonds. The Kier molecular flexibility index (Phi) is 4.64. The average Bonchev–Trinajstić information content (AvgIpc) is 2.63. The van der Waals surface area contributed by atoms with Gasteiger partial charge in [-0.3, -0.25) is 4.98 Å². The van der Waals surface area contributed by atoms with Gasteiger partial charge in [0.15, 0.2) is 0 Å². The Labute approximate surface area is 126 Å². The Morgan fingerprint density at radius 2 is 2.18 bits per heavy atom. The quantitative estimate of drug-likeness (QED) is 0.626. The highest BCUT2D eigenvalue weighted by Crippen LogP contribution is 2.38. The number of hydrogen-bond acceptors (Lipinski definition) is 2. The van der Waals surface area contributed by atoms with Crippen molar-refractivity contribution >= 4 is 54.8 Å². The fourth-order valence-corrected chi connectivity index (χ4v) is 3.84. The molecule has 0 spiro atoms. The molecule has 5 heteroatoms. The van der Waals surface area contributed by atoms with Crippen LogP contribution in [0.3, 0.4) is 0 Å². The van der Waals surface area contributed by atoms with Gasteiger partial charge in [0.2, 0.25) is 0 Å². The minimum absolute atomic E-state index is 0.0298. The van der Waals surface area contributed by atoms with E-state index >= 15 is 0 Å². The van der Waals surface area contributed by atoms with Crippen molar-refractivity contribution < 1.29 is 0 Å². The third-order valence-corrected chi connectivity index (χ3v) is 6.22. The van der Waals surface area contributed by atoms with E-state index in [0.29, 0.717) is 0 Å². The van der Waals surface area contributed by atoms with Crippen LogP contribution in [-0.2, 0) is 6.42 Å². The first-order chi connectivity index (χ1) is 8.06. The first-order valence-corrected chi connectivity index (χ1v) is 7.90. The maximum atomic E-state index is 6.39. The first-order valence-electron chi connectivity index (χ1n) is 5.06. The summed E-state index contributed by atoms with van der Waals surface area (Å²) < 4.78 is 2.13. The number of aromatic nitrogens is 1. The lowest BCUT2D eigenvalue weighted by Gasteiger charge is -2.06. The minimum atomic E-state index is -0.0298. The molecular weight excluding hydrogens is 385 g/mol. The van der Waals surface area contributed by atoms with Crippen LogP contribution in [0.4, 0.5) is 0 Å². The molecule has 0 fully saturated rings. The van der Waals surface area contributed by atoms with E-state index in [0.717, 1.165) is 25.3 Å². The highest BCUT2D eigenvalue weighted by Gasteiger charge is 2.14. The fourth-order valence-electron chi connectivity index (χ4n) is 1.42. The summed E-state index contributed by atoms with van der Waals surface area (Å²) in [5, 5.41) is -0.0298. The smallest absolute Gasteiger partial charge is 0.0843 e. The summed E-state index contributed by atoms with van der Waals surface area (Å²) in [5.74, 6) is 0. The lowest BCUT2D eigenvalue weighted by Crippen LogP contribution is -1.96. The Hall–Kier alpha value is 0.1000. The van der Waals surface area contributed by atoms with Crippen molar-refractivity contribution in [3.05, 3.63) is 48.8 Å². The normalized spacial score (nSPS) is 12.7. The lowest BCUT2D eigenvalue weighted by atomic mass is 10.2. The third-order valence-electron chi connectivity index (χ3n) is 2.33. The molecular formula is C12H10Br2ClNS. The summed E-state index contributed by atoms with van der Waals surface area (Å²) >= 11 is 15.0. The van der Waals surface area contributed by atoms with Gasteiger partial charge in [-0.05, 0) is 56.5 Å². The Balaban J connectivity index is 2.11. The maximum Gasteiger partial charge on any atom is 0.0843 e. The monoisotopic (exact) mass is 393 g/mol. The van der Waals surface area contributed by atoms with E-state index in [2.05, 4.69) is 49.0 Å². The summed E-state index contributed by atoms with van der Waals surface area (Å²) in [6.45, 7) is 2.03. The number of halogens is 3. The summed E-state index contributed by atoms with van der Waals surface area (Å²) in [4.78, 5) is 5.52. The van der Waals surface area contributed by atoms with Crippen LogP contribution in [0, 0.1) is 6.92 Å². The molecule has 1 atom stereocenters. The molecule has 0 saturated heterocycles. The molecule has 0 radical (unpaired) electrons. The van der Waals surface area contributed by atoms with Crippen molar-refractivity contribution in [1.29, 1.82) is 0 Å². The van der Waals surface area contributed by atoms with Crippen molar-refractivity contribution in [2.75, 3.05) is 0 Å². The van der Waals surface area contributed by atoms with Crippen molar-refractivity contribution in [3.8, 4) is 0 Å². The van der Waals surface area contributed by atoms with E-state index in [9.17, 15) is 0 Å². The van der Waals surface area contributed by atoms with E-state index in [1.165, 1.54) is 5.56 Å². The molecule has 2 aromatic rings. The van der Waals surface area contributed by atoms with E-state index in [1.807, 2.05) is 19.2 Å². The van der Waals surface area contributed by atoms with Gasteiger partial charge in [0.1, 0.15) is 0 Å². The Bertz CT molecular complexity index is 490. The molecule has 0 aromatic carbocycles. The molecule has 2 heterocycles. The van der Waals surface area contributed by atoms with Crippen LogP contribution in [-0.4, -0.2) is 4.98 Å². The van der Waals surface area contributed by atoms with Crippen LogP contribution in [0.1, 0.15) is 21.5 Å². The molecule has 0 bridgehead atoms. The topological polar surface area (TPSA) is 12.9 Å². The summed E-state index contributed by atoms with van der Waals surface area (Å²) in [5.41, 5.74) is 2.19. The van der Waals surface area contributed by atoms with Gasteiger partial charge in [0.05, 0.1) is 9.16 Å². The average molecular weight is 396 g/mol. The number of pyridine rings is 1. The molecule has 2 rings (SSSR count). The molecule has 0 saturated carbocycles. The minimum Gasteiger partial charge on any atom is -0.261 e. The predicted molar refractivity (Wildman–Crippen MR) is 81.0 cm³/mol. The van der Waals surface area contributed by atoms with Gasteiger partial charge in [0.25, 0.3) is 0 Å². The van der Waals surface area contributed by atoms with Gasteiger partial charge in [-0.2, -0.15) is 0 Å². The van der Waals surface area contributed by atoms with Crippen molar-refractivity contribution in [2.45, 2.75) is 18.7 Å². The SMILES string of the molecule is Cc1ccc(CC(Cl)c2cc(Br)c(Br)s2)nc1. The number of thiophene rings is 1. The second-order valence-electron chi connectivity index (χ2n) is 3.77. The summed E-state index contributed by atoms with van der Waals surface area (Å²) in [7, 11) is 0. The van der Waals surface area contributed by atoms with Crippen LogP contribution in [0.25, 0.3) is 0 Å². The number of alkyl halides is 1. The van der Waals surface area contributed by atoms with Crippen LogP contribution in [0.15, 0.2) is 32.7 Å². The highest BCUT2D eigenvalue weighted by atomic mass is 79.9. The number of rotatable bonds is 3.